The van der Waals surface area contributed by atoms with E-state index in [0.29, 0.717) is 12.1 Å². The van der Waals surface area contributed by atoms with Crippen molar-refractivity contribution in [3.63, 3.8) is 0 Å². The lowest BCUT2D eigenvalue weighted by atomic mass is 10.0. The van der Waals surface area contributed by atoms with Crippen LogP contribution >= 0.6 is 0 Å². The highest BCUT2D eigenvalue weighted by Gasteiger charge is 2.24. The van der Waals surface area contributed by atoms with Crippen LogP contribution in [0.2, 0.25) is 0 Å². The van der Waals surface area contributed by atoms with Crippen LogP contribution in [0.3, 0.4) is 0 Å². The Labute approximate surface area is 157 Å². The first-order valence-corrected chi connectivity index (χ1v) is 9.55. The zero-order valence-corrected chi connectivity index (χ0v) is 16.5. The molecule has 0 spiro atoms. The third kappa shape index (κ3) is 6.02. The maximum atomic E-state index is 11.8. The summed E-state index contributed by atoms with van der Waals surface area (Å²) in [7, 11) is 3.50. The van der Waals surface area contributed by atoms with Crippen LogP contribution in [0, 0.1) is 0 Å². The van der Waals surface area contributed by atoms with Gasteiger partial charge in [0.2, 0.25) is 5.91 Å². The van der Waals surface area contributed by atoms with Gasteiger partial charge in [0, 0.05) is 45.8 Å². The molecule has 2 rings (SSSR count). The molecule has 6 heteroatoms. The van der Waals surface area contributed by atoms with Crippen molar-refractivity contribution in [1.82, 2.24) is 20.4 Å². The first-order chi connectivity index (χ1) is 12.5. The van der Waals surface area contributed by atoms with Crippen LogP contribution in [0.5, 0.6) is 0 Å². The molecule has 0 aliphatic carbocycles. The summed E-state index contributed by atoms with van der Waals surface area (Å²) in [6, 6.07) is 11.5. The first kappa shape index (κ1) is 20.2. The van der Waals surface area contributed by atoms with Crippen LogP contribution in [-0.2, 0) is 4.79 Å². The van der Waals surface area contributed by atoms with Gasteiger partial charge in [-0.25, -0.2) is 4.99 Å². The molecule has 1 heterocycles. The molecule has 1 aliphatic rings. The highest BCUT2D eigenvalue weighted by atomic mass is 16.2. The lowest BCUT2D eigenvalue weighted by Gasteiger charge is -2.37. The average Bonchev–Trinajstić information content (AvgIpc) is 2.66. The molecule has 6 nitrogen and oxygen atoms in total. The van der Waals surface area contributed by atoms with Gasteiger partial charge in [-0.15, -0.1) is 0 Å². The monoisotopic (exact) mass is 359 g/mol. The molecule has 1 aliphatic heterocycles. The number of amides is 1. The molecule has 1 aromatic rings. The second-order valence-corrected chi connectivity index (χ2v) is 7.02. The van der Waals surface area contributed by atoms with Crippen molar-refractivity contribution in [2.45, 2.75) is 38.8 Å². The Morgan fingerprint density at radius 2 is 1.92 bits per heavy atom. The van der Waals surface area contributed by atoms with Crippen LogP contribution in [0.15, 0.2) is 35.3 Å². The summed E-state index contributed by atoms with van der Waals surface area (Å²) < 4.78 is 0. The van der Waals surface area contributed by atoms with E-state index in [0.717, 1.165) is 38.4 Å². The van der Waals surface area contributed by atoms with E-state index in [9.17, 15) is 4.79 Å². The van der Waals surface area contributed by atoms with Crippen molar-refractivity contribution < 1.29 is 4.79 Å². The largest absolute Gasteiger partial charge is 0.357 e. The van der Waals surface area contributed by atoms with Gasteiger partial charge in [-0.05, 0) is 32.3 Å². The number of rotatable bonds is 6. The van der Waals surface area contributed by atoms with Crippen molar-refractivity contribution >= 4 is 11.9 Å². The molecular formula is C20H33N5O. The molecule has 1 unspecified atom stereocenters. The molecule has 144 valence electrons. The number of piperidine rings is 1. The number of aliphatic imine (C=N–C) groups is 1. The fourth-order valence-corrected chi connectivity index (χ4v) is 3.17. The van der Waals surface area contributed by atoms with E-state index in [1.807, 2.05) is 6.92 Å². The lowest BCUT2D eigenvalue weighted by Crippen LogP contribution is -2.49. The molecule has 26 heavy (non-hydrogen) atoms. The zero-order chi connectivity index (χ0) is 18.9. The SMILES string of the molecule is CCNC(=NCC(=O)N(C)C)NC1CCN(C(C)c2ccccc2)CC1. The number of guanidine groups is 1. The average molecular weight is 360 g/mol. The van der Waals surface area contributed by atoms with Gasteiger partial charge in [-0.1, -0.05) is 30.3 Å². The normalized spacial score (nSPS) is 17.6. The number of likely N-dealkylation sites (tertiary alicyclic amines) is 1. The third-order valence-electron chi connectivity index (χ3n) is 4.92. The molecule has 1 fully saturated rings. The maximum absolute atomic E-state index is 11.8. The van der Waals surface area contributed by atoms with Crippen LogP contribution in [0.25, 0.3) is 0 Å². The van der Waals surface area contributed by atoms with Crippen molar-refractivity contribution in [1.29, 1.82) is 0 Å². The molecule has 0 bridgehead atoms. The topological polar surface area (TPSA) is 60.0 Å². The maximum Gasteiger partial charge on any atom is 0.243 e. The Morgan fingerprint density at radius 3 is 2.50 bits per heavy atom. The van der Waals surface area contributed by atoms with Crippen molar-refractivity contribution in [2.75, 3.05) is 40.3 Å². The van der Waals surface area contributed by atoms with Crippen LogP contribution < -0.4 is 10.6 Å². The van der Waals surface area contributed by atoms with Gasteiger partial charge >= 0.3 is 0 Å². The third-order valence-corrected chi connectivity index (χ3v) is 4.92. The quantitative estimate of drug-likeness (QED) is 0.601. The predicted molar refractivity (Wildman–Crippen MR) is 107 cm³/mol. The van der Waals surface area contributed by atoms with Gasteiger partial charge in [0.1, 0.15) is 6.54 Å². The predicted octanol–water partition coefficient (Wildman–Crippen LogP) is 1.86. The molecular weight excluding hydrogens is 326 g/mol. The Kier molecular flexibility index (Phi) is 7.91. The van der Waals surface area contributed by atoms with E-state index in [4.69, 9.17) is 0 Å². The van der Waals surface area contributed by atoms with E-state index in [1.54, 1.807) is 19.0 Å². The Morgan fingerprint density at radius 1 is 1.27 bits per heavy atom. The van der Waals surface area contributed by atoms with Gasteiger partial charge in [0.05, 0.1) is 0 Å². The Balaban J connectivity index is 1.85. The summed E-state index contributed by atoms with van der Waals surface area (Å²) in [5.74, 6) is 0.742. The fourth-order valence-electron chi connectivity index (χ4n) is 3.17. The molecule has 2 N–H and O–H groups in total. The molecule has 1 amide bonds. The van der Waals surface area contributed by atoms with E-state index in [1.165, 1.54) is 5.56 Å². The smallest absolute Gasteiger partial charge is 0.243 e. The van der Waals surface area contributed by atoms with Crippen molar-refractivity contribution in [3.05, 3.63) is 35.9 Å². The first-order valence-electron chi connectivity index (χ1n) is 9.55. The van der Waals surface area contributed by atoms with E-state index >= 15 is 0 Å². The minimum atomic E-state index is 0.00806. The second-order valence-electron chi connectivity index (χ2n) is 7.02. The Bertz CT molecular complexity index is 579. The Hall–Kier alpha value is -2.08. The molecule has 1 atom stereocenters. The van der Waals surface area contributed by atoms with Gasteiger partial charge < -0.3 is 15.5 Å². The van der Waals surface area contributed by atoms with E-state index in [2.05, 4.69) is 57.8 Å². The van der Waals surface area contributed by atoms with Crippen molar-refractivity contribution in [2.24, 2.45) is 4.99 Å². The van der Waals surface area contributed by atoms with E-state index < -0.39 is 0 Å². The second kappa shape index (κ2) is 10.2. The number of hydrogen-bond acceptors (Lipinski definition) is 3. The fraction of sp³-hybridized carbons (Fsp3) is 0.600. The minimum Gasteiger partial charge on any atom is -0.357 e. The van der Waals surface area contributed by atoms with Crippen molar-refractivity contribution in [3.8, 4) is 0 Å². The van der Waals surface area contributed by atoms with Crippen LogP contribution in [-0.4, -0.2) is 68.0 Å². The van der Waals surface area contributed by atoms with E-state index in [-0.39, 0.29) is 12.5 Å². The number of carbonyl (C=O) groups excluding carboxylic acids is 1. The lowest BCUT2D eigenvalue weighted by molar-refractivity contribution is -0.127. The molecule has 1 saturated heterocycles. The number of nitrogens with one attached hydrogen (secondary N) is 2. The molecule has 1 aromatic carbocycles. The summed E-state index contributed by atoms with van der Waals surface area (Å²) in [6.45, 7) is 7.39. The molecule has 0 aromatic heterocycles. The summed E-state index contributed by atoms with van der Waals surface area (Å²) in [5, 5.41) is 6.73. The molecule has 0 radical (unpaired) electrons. The number of nitrogens with zero attached hydrogens (tertiary/aromatic N) is 3. The number of hydrogen-bond donors (Lipinski definition) is 2. The summed E-state index contributed by atoms with van der Waals surface area (Å²) in [5.41, 5.74) is 1.37. The highest BCUT2D eigenvalue weighted by Crippen LogP contribution is 2.23. The number of carbonyl (C=O) groups is 1. The summed E-state index contributed by atoms with van der Waals surface area (Å²) >= 11 is 0. The van der Waals surface area contributed by atoms with Gasteiger partial charge in [0.15, 0.2) is 5.96 Å². The van der Waals surface area contributed by atoms with Gasteiger partial charge in [-0.2, -0.15) is 0 Å². The molecule has 0 saturated carbocycles. The number of likely N-dealkylation sites (N-methyl/N-ethyl adjacent to an activating group) is 1. The van der Waals surface area contributed by atoms with Gasteiger partial charge in [0.25, 0.3) is 0 Å². The van der Waals surface area contributed by atoms with Crippen LogP contribution in [0.1, 0.15) is 38.3 Å². The highest BCUT2D eigenvalue weighted by molar-refractivity contribution is 5.84. The summed E-state index contributed by atoms with van der Waals surface area (Å²) in [4.78, 5) is 20.3. The van der Waals surface area contributed by atoms with Gasteiger partial charge in [-0.3, -0.25) is 9.69 Å². The standard InChI is InChI=1S/C20H33N5O/c1-5-21-20(22-15-19(26)24(3)4)23-18-11-13-25(14-12-18)16(2)17-9-7-6-8-10-17/h6-10,16,18H,5,11-15H2,1-4H3,(H2,21,22,23). The summed E-state index contributed by atoms with van der Waals surface area (Å²) in [6.07, 6.45) is 2.15. The van der Waals surface area contributed by atoms with Crippen LogP contribution in [0.4, 0.5) is 0 Å². The zero-order valence-electron chi connectivity index (χ0n) is 16.5. The number of benzene rings is 1. The minimum absolute atomic E-state index is 0.00806.